The van der Waals surface area contributed by atoms with E-state index in [1.807, 2.05) is 30.3 Å². The SMILES string of the molecule is C=P(c1ccc(C(C)(F)F)cc1)(c1ccc(C(F)(F)F)cc1)c1ccc2ccc3cccc4ccc1c2c34. The summed E-state index contributed by atoms with van der Waals surface area (Å²) in [5.41, 5.74) is -0.875. The van der Waals surface area contributed by atoms with E-state index in [-0.39, 0.29) is 5.56 Å². The number of hydrogen-bond donors (Lipinski definition) is 0. The lowest BCUT2D eigenvalue weighted by atomic mass is 9.94. The molecule has 6 aromatic carbocycles. The molecule has 0 aromatic heterocycles. The van der Waals surface area contributed by atoms with Crippen LogP contribution in [0.25, 0.3) is 32.3 Å². The average molecular weight is 532 g/mol. The van der Waals surface area contributed by atoms with Gasteiger partial charge in [0.05, 0.1) is 5.56 Å². The van der Waals surface area contributed by atoms with Crippen LogP contribution in [0.15, 0.2) is 103 Å². The van der Waals surface area contributed by atoms with E-state index < -0.39 is 24.5 Å². The Morgan fingerprint density at radius 1 is 0.553 bits per heavy atom. The van der Waals surface area contributed by atoms with Crippen LogP contribution in [0.5, 0.6) is 0 Å². The molecule has 0 bridgehead atoms. The Labute approximate surface area is 216 Å². The van der Waals surface area contributed by atoms with Gasteiger partial charge in [-0.25, -0.2) is 8.78 Å². The van der Waals surface area contributed by atoms with Crippen molar-refractivity contribution in [1.29, 1.82) is 0 Å². The molecule has 1 atom stereocenters. The quantitative estimate of drug-likeness (QED) is 0.121. The Balaban J connectivity index is 1.67. The molecule has 6 heteroatoms. The Morgan fingerprint density at radius 3 is 1.55 bits per heavy atom. The highest BCUT2D eigenvalue weighted by Crippen LogP contribution is 2.47. The minimum absolute atomic E-state index is 0.129. The maximum atomic E-state index is 14.0. The maximum Gasteiger partial charge on any atom is 0.416 e. The number of alkyl halides is 5. The van der Waals surface area contributed by atoms with Crippen molar-refractivity contribution < 1.29 is 22.0 Å². The Morgan fingerprint density at radius 2 is 1.03 bits per heavy atom. The van der Waals surface area contributed by atoms with Gasteiger partial charge in [0.2, 0.25) is 0 Å². The number of hydrogen-bond acceptors (Lipinski definition) is 0. The van der Waals surface area contributed by atoms with Gasteiger partial charge in [-0.2, -0.15) is 13.2 Å². The molecule has 0 spiro atoms. The average Bonchev–Trinajstić information content (AvgIpc) is 2.90. The highest BCUT2D eigenvalue weighted by atomic mass is 31.2. The van der Waals surface area contributed by atoms with Crippen molar-refractivity contribution in [2.45, 2.75) is 19.0 Å². The highest BCUT2D eigenvalue weighted by molar-refractivity contribution is 7.93. The summed E-state index contributed by atoms with van der Waals surface area (Å²) in [5, 5.41) is 8.60. The maximum absolute atomic E-state index is 14.0. The Bertz CT molecular complexity index is 1770. The van der Waals surface area contributed by atoms with Crippen LogP contribution >= 0.6 is 6.89 Å². The molecule has 0 saturated heterocycles. The van der Waals surface area contributed by atoms with E-state index in [2.05, 4.69) is 30.6 Å². The van der Waals surface area contributed by atoms with E-state index in [4.69, 9.17) is 0 Å². The Kier molecular flexibility index (Phi) is 5.45. The fourth-order valence-electron chi connectivity index (χ4n) is 5.39. The summed E-state index contributed by atoms with van der Waals surface area (Å²) < 4.78 is 68.2. The molecular weight excluding hydrogens is 510 g/mol. The van der Waals surface area contributed by atoms with Crippen molar-refractivity contribution in [2.75, 3.05) is 0 Å². The first-order chi connectivity index (χ1) is 18.0. The van der Waals surface area contributed by atoms with Crippen molar-refractivity contribution in [3.63, 3.8) is 0 Å². The minimum Gasteiger partial charge on any atom is -0.202 e. The zero-order valence-electron chi connectivity index (χ0n) is 20.4. The number of halogens is 5. The van der Waals surface area contributed by atoms with Crippen LogP contribution < -0.4 is 15.9 Å². The fraction of sp³-hybridized carbons (Fsp3) is 0.0938. The van der Waals surface area contributed by atoms with Crippen molar-refractivity contribution in [2.24, 2.45) is 0 Å². The number of benzene rings is 6. The van der Waals surface area contributed by atoms with E-state index in [1.54, 1.807) is 12.1 Å². The topological polar surface area (TPSA) is 0 Å². The largest absolute Gasteiger partial charge is 0.416 e. The van der Waals surface area contributed by atoms with E-state index in [1.165, 1.54) is 24.3 Å². The Hall–Kier alpha value is -3.69. The van der Waals surface area contributed by atoms with Gasteiger partial charge in [-0.3, -0.25) is 0 Å². The first-order valence-electron chi connectivity index (χ1n) is 12.1. The van der Waals surface area contributed by atoms with Crippen molar-refractivity contribution in [3.8, 4) is 0 Å². The molecule has 0 radical (unpaired) electrons. The lowest BCUT2D eigenvalue weighted by molar-refractivity contribution is -0.137. The van der Waals surface area contributed by atoms with E-state index >= 15 is 0 Å². The van der Waals surface area contributed by atoms with Crippen LogP contribution in [0.1, 0.15) is 18.1 Å². The van der Waals surface area contributed by atoms with Gasteiger partial charge < -0.3 is 0 Å². The molecule has 0 N–H and O–H groups in total. The normalized spacial score (nSPS) is 14.4. The predicted molar refractivity (Wildman–Crippen MR) is 151 cm³/mol. The summed E-state index contributed by atoms with van der Waals surface area (Å²) in [4.78, 5) is 0. The van der Waals surface area contributed by atoms with E-state index in [0.717, 1.165) is 56.7 Å². The monoisotopic (exact) mass is 532 g/mol. The molecule has 0 aliphatic carbocycles. The van der Waals surface area contributed by atoms with Crippen LogP contribution in [0.4, 0.5) is 22.0 Å². The van der Waals surface area contributed by atoms with E-state index in [9.17, 15) is 22.0 Å². The molecule has 0 aliphatic heterocycles. The van der Waals surface area contributed by atoms with Gasteiger partial charge >= 0.3 is 6.18 Å². The molecule has 0 nitrogen and oxygen atoms in total. The summed E-state index contributed by atoms with van der Waals surface area (Å²) in [6.45, 7) is -1.95. The van der Waals surface area contributed by atoms with Gasteiger partial charge in [-0.1, -0.05) is 97.3 Å². The van der Waals surface area contributed by atoms with Gasteiger partial charge in [0.1, 0.15) is 0 Å². The van der Waals surface area contributed by atoms with Crippen molar-refractivity contribution >= 4 is 61.4 Å². The van der Waals surface area contributed by atoms with E-state index in [0.29, 0.717) is 10.6 Å². The van der Waals surface area contributed by atoms with Crippen LogP contribution in [0.3, 0.4) is 0 Å². The van der Waals surface area contributed by atoms with Gasteiger partial charge in [0.15, 0.2) is 0 Å². The molecule has 0 amide bonds. The lowest BCUT2D eigenvalue weighted by Gasteiger charge is -2.29. The van der Waals surface area contributed by atoms with Crippen molar-refractivity contribution in [1.82, 2.24) is 0 Å². The zero-order valence-corrected chi connectivity index (χ0v) is 21.3. The van der Waals surface area contributed by atoms with Crippen molar-refractivity contribution in [3.05, 3.63) is 114 Å². The molecular formula is C32H22F5P. The third-order valence-corrected chi connectivity index (χ3v) is 10.9. The first-order valence-corrected chi connectivity index (χ1v) is 14.0. The standard InChI is InChI=1S/C32H22F5P/c1-31(33,34)23-10-14-25(15-11-23)38(2,26-16-12-24(13-17-26)32(35,36)37)28-19-9-22-7-6-20-4-3-5-21-8-18-27(28)30(22)29(20)21/h3-19H,2H2,1H3. The molecule has 6 aromatic rings. The van der Waals surface area contributed by atoms with Crippen LogP contribution in [0.2, 0.25) is 0 Å². The van der Waals surface area contributed by atoms with Crippen LogP contribution in [-0.2, 0) is 12.1 Å². The minimum atomic E-state index is -4.47. The lowest BCUT2D eigenvalue weighted by Crippen LogP contribution is -2.27. The molecule has 1 unspecified atom stereocenters. The molecule has 0 fully saturated rings. The molecule has 0 heterocycles. The third kappa shape index (κ3) is 3.80. The molecule has 0 aliphatic rings. The molecule has 190 valence electrons. The molecule has 38 heavy (non-hydrogen) atoms. The van der Waals surface area contributed by atoms with Gasteiger partial charge in [-0.05, 0) is 67.2 Å². The second-order valence-electron chi connectivity index (χ2n) is 9.73. The predicted octanol–water partition coefficient (Wildman–Crippen LogP) is 8.44. The summed E-state index contributed by atoms with van der Waals surface area (Å²) in [6, 6.07) is 29.5. The number of rotatable bonds is 4. The molecule has 0 saturated carbocycles. The van der Waals surface area contributed by atoms with Crippen LogP contribution in [0, 0.1) is 0 Å². The third-order valence-electron chi connectivity index (χ3n) is 7.37. The zero-order chi connectivity index (χ0) is 26.9. The summed E-state index contributed by atoms with van der Waals surface area (Å²) >= 11 is 0. The molecule has 6 rings (SSSR count). The summed E-state index contributed by atoms with van der Waals surface area (Å²) in [5.74, 6) is -3.01. The second-order valence-corrected chi connectivity index (χ2v) is 12.9. The van der Waals surface area contributed by atoms with Gasteiger partial charge in [0, 0.05) is 12.5 Å². The summed E-state index contributed by atoms with van der Waals surface area (Å²) in [6.07, 6.45) is 0.219. The summed E-state index contributed by atoms with van der Waals surface area (Å²) in [7, 11) is 0. The fourth-order valence-corrected chi connectivity index (χ4v) is 8.49. The first kappa shape index (κ1) is 24.6. The smallest absolute Gasteiger partial charge is 0.202 e. The van der Waals surface area contributed by atoms with Gasteiger partial charge in [-0.15, -0.1) is 0 Å². The van der Waals surface area contributed by atoms with Crippen LogP contribution in [-0.4, -0.2) is 6.30 Å². The highest BCUT2D eigenvalue weighted by Gasteiger charge is 2.32. The van der Waals surface area contributed by atoms with Gasteiger partial charge in [0.25, 0.3) is 5.92 Å². The second kappa shape index (κ2) is 8.41.